The molecule has 0 radical (unpaired) electrons. The summed E-state index contributed by atoms with van der Waals surface area (Å²) in [4.78, 5) is 38.5. The normalized spacial score (nSPS) is 11.1. The molecule has 1 N–H and O–H groups in total. The van der Waals surface area contributed by atoms with Crippen LogP contribution in [-0.2, 0) is 11.3 Å². The molecule has 0 saturated carbocycles. The fraction of sp³-hybridized carbons (Fsp3) is 0.0952. The predicted octanol–water partition coefficient (Wildman–Crippen LogP) is 3.58. The Morgan fingerprint density at radius 2 is 1.81 bits per heavy atom. The van der Waals surface area contributed by atoms with Crippen molar-refractivity contribution >= 4 is 33.1 Å². The third-order valence-electron chi connectivity index (χ3n) is 4.66. The van der Waals surface area contributed by atoms with Crippen molar-refractivity contribution in [1.29, 1.82) is 0 Å². The molecule has 2 aromatic heterocycles. The van der Waals surface area contributed by atoms with E-state index in [2.05, 4.69) is 5.32 Å². The van der Waals surface area contributed by atoms with Crippen molar-refractivity contribution in [2.45, 2.75) is 13.5 Å². The van der Waals surface area contributed by atoms with Crippen LogP contribution in [0.2, 0.25) is 0 Å². The fourth-order valence-corrected chi connectivity index (χ4v) is 3.98. The highest BCUT2D eigenvalue weighted by molar-refractivity contribution is 7.17. The molecule has 2 aromatic carbocycles. The third kappa shape index (κ3) is 3.77. The molecule has 0 aliphatic heterocycles. The Bertz CT molecular complexity index is 1460. The standard InChI is InChI=1S/C21H14F3N3O3S/c1-11-8-13(3-4-14(11)23)27-20(29)19-17(6-7-31-19)26(21(27)30)10-18(28)25-16-5-2-12(22)9-15(16)24/h2-9H,10H2,1H3,(H,25,28). The van der Waals surface area contributed by atoms with Gasteiger partial charge in [0.2, 0.25) is 5.91 Å². The first kappa shape index (κ1) is 20.6. The number of aromatic nitrogens is 2. The minimum Gasteiger partial charge on any atom is -0.322 e. The van der Waals surface area contributed by atoms with Gasteiger partial charge in [0, 0.05) is 6.07 Å². The zero-order valence-corrected chi connectivity index (χ0v) is 16.8. The van der Waals surface area contributed by atoms with Crippen LogP contribution >= 0.6 is 11.3 Å². The van der Waals surface area contributed by atoms with E-state index in [0.29, 0.717) is 6.07 Å². The van der Waals surface area contributed by atoms with Crippen molar-refractivity contribution in [2.75, 3.05) is 5.32 Å². The molecule has 0 bridgehead atoms. The molecule has 0 aliphatic rings. The topological polar surface area (TPSA) is 73.1 Å². The lowest BCUT2D eigenvalue weighted by atomic mass is 10.2. The summed E-state index contributed by atoms with van der Waals surface area (Å²) >= 11 is 1.09. The van der Waals surface area contributed by atoms with Gasteiger partial charge >= 0.3 is 5.69 Å². The van der Waals surface area contributed by atoms with E-state index >= 15 is 0 Å². The highest BCUT2D eigenvalue weighted by Gasteiger charge is 2.18. The van der Waals surface area contributed by atoms with Gasteiger partial charge in [0.1, 0.15) is 28.7 Å². The molecular formula is C21H14F3N3O3S. The molecule has 2 heterocycles. The maximum Gasteiger partial charge on any atom is 0.336 e. The monoisotopic (exact) mass is 445 g/mol. The quantitative estimate of drug-likeness (QED) is 0.522. The van der Waals surface area contributed by atoms with Gasteiger partial charge in [0.25, 0.3) is 5.56 Å². The number of benzene rings is 2. The van der Waals surface area contributed by atoms with Gasteiger partial charge in [0.05, 0.1) is 16.9 Å². The van der Waals surface area contributed by atoms with Crippen LogP contribution in [-0.4, -0.2) is 15.0 Å². The Balaban J connectivity index is 1.80. The number of rotatable bonds is 4. The average Bonchev–Trinajstić information content (AvgIpc) is 3.20. The molecule has 0 atom stereocenters. The van der Waals surface area contributed by atoms with Crippen LogP contribution in [0.3, 0.4) is 0 Å². The third-order valence-corrected chi connectivity index (χ3v) is 5.55. The summed E-state index contributed by atoms with van der Waals surface area (Å²) < 4.78 is 42.7. The second-order valence-corrected chi connectivity index (χ2v) is 7.67. The van der Waals surface area contributed by atoms with E-state index in [-0.39, 0.29) is 27.2 Å². The lowest BCUT2D eigenvalue weighted by Crippen LogP contribution is -2.40. The number of thiophene rings is 1. The van der Waals surface area contributed by atoms with Gasteiger partial charge < -0.3 is 5.32 Å². The largest absolute Gasteiger partial charge is 0.336 e. The first-order valence-electron chi connectivity index (χ1n) is 9.01. The Labute approximate surface area is 176 Å². The van der Waals surface area contributed by atoms with Crippen molar-refractivity contribution in [2.24, 2.45) is 0 Å². The average molecular weight is 445 g/mol. The maximum atomic E-state index is 13.8. The van der Waals surface area contributed by atoms with Gasteiger partial charge in [-0.2, -0.15) is 0 Å². The van der Waals surface area contributed by atoms with E-state index in [1.165, 1.54) is 25.1 Å². The molecular weight excluding hydrogens is 431 g/mol. The molecule has 31 heavy (non-hydrogen) atoms. The molecule has 0 aliphatic carbocycles. The number of halogens is 3. The van der Waals surface area contributed by atoms with Gasteiger partial charge in [-0.15, -0.1) is 11.3 Å². The van der Waals surface area contributed by atoms with Crippen LogP contribution in [0.15, 0.2) is 57.4 Å². The number of aryl methyl sites for hydroxylation is 1. The van der Waals surface area contributed by atoms with Gasteiger partial charge in [-0.25, -0.2) is 22.5 Å². The van der Waals surface area contributed by atoms with Crippen LogP contribution in [0.4, 0.5) is 18.9 Å². The Hall–Kier alpha value is -3.66. The summed E-state index contributed by atoms with van der Waals surface area (Å²) in [5.41, 5.74) is -1.01. The number of hydrogen-bond donors (Lipinski definition) is 1. The molecule has 0 unspecified atom stereocenters. The zero-order chi connectivity index (χ0) is 22.3. The van der Waals surface area contributed by atoms with E-state index in [1.807, 2.05) is 0 Å². The number of anilines is 1. The number of fused-ring (bicyclic) bond motifs is 1. The van der Waals surface area contributed by atoms with Gasteiger partial charge in [-0.1, -0.05) is 0 Å². The van der Waals surface area contributed by atoms with Crippen molar-refractivity contribution in [3.63, 3.8) is 0 Å². The van der Waals surface area contributed by atoms with Crippen molar-refractivity contribution in [3.05, 3.63) is 91.7 Å². The smallest absolute Gasteiger partial charge is 0.322 e. The summed E-state index contributed by atoms with van der Waals surface area (Å²) in [6, 6.07) is 7.99. The lowest BCUT2D eigenvalue weighted by molar-refractivity contribution is -0.116. The Morgan fingerprint density at radius 3 is 2.52 bits per heavy atom. The van der Waals surface area contributed by atoms with Gasteiger partial charge in [-0.05, 0) is 54.3 Å². The van der Waals surface area contributed by atoms with Gasteiger partial charge in [0.15, 0.2) is 0 Å². The zero-order valence-electron chi connectivity index (χ0n) is 16.0. The predicted molar refractivity (Wildman–Crippen MR) is 111 cm³/mol. The van der Waals surface area contributed by atoms with E-state index in [4.69, 9.17) is 0 Å². The SMILES string of the molecule is Cc1cc(-n2c(=O)c3sccc3n(CC(=O)Nc3ccc(F)cc3F)c2=O)ccc1F. The number of nitrogens with one attached hydrogen (secondary N) is 1. The van der Waals surface area contributed by atoms with Crippen LogP contribution in [0.25, 0.3) is 15.9 Å². The van der Waals surface area contributed by atoms with E-state index in [0.717, 1.165) is 38.7 Å². The minimum absolute atomic E-state index is 0.155. The number of carbonyl (C=O) groups is 1. The Morgan fingerprint density at radius 1 is 1.03 bits per heavy atom. The van der Waals surface area contributed by atoms with E-state index in [9.17, 15) is 27.6 Å². The second kappa shape index (κ2) is 7.88. The van der Waals surface area contributed by atoms with E-state index in [1.54, 1.807) is 5.38 Å². The van der Waals surface area contributed by atoms with Crippen LogP contribution in [0.1, 0.15) is 5.56 Å². The van der Waals surface area contributed by atoms with Crippen molar-refractivity contribution in [1.82, 2.24) is 9.13 Å². The number of carbonyl (C=O) groups excluding carboxylic acids is 1. The molecule has 4 aromatic rings. The Kier molecular flexibility index (Phi) is 5.24. The van der Waals surface area contributed by atoms with Crippen LogP contribution in [0.5, 0.6) is 0 Å². The molecule has 10 heteroatoms. The summed E-state index contributed by atoms with van der Waals surface area (Å²) in [6.07, 6.45) is 0. The lowest BCUT2D eigenvalue weighted by Gasteiger charge is -2.13. The summed E-state index contributed by atoms with van der Waals surface area (Å²) in [7, 11) is 0. The molecule has 4 rings (SSSR count). The fourth-order valence-electron chi connectivity index (χ4n) is 3.16. The molecule has 0 spiro atoms. The van der Waals surface area contributed by atoms with Gasteiger partial charge in [-0.3, -0.25) is 14.2 Å². The highest BCUT2D eigenvalue weighted by Crippen LogP contribution is 2.19. The first-order chi connectivity index (χ1) is 14.8. The summed E-state index contributed by atoms with van der Waals surface area (Å²) in [5, 5.41) is 3.88. The number of amides is 1. The summed E-state index contributed by atoms with van der Waals surface area (Å²) in [5.74, 6) is -3.00. The van der Waals surface area contributed by atoms with Crippen molar-refractivity contribution < 1.29 is 18.0 Å². The highest BCUT2D eigenvalue weighted by atomic mass is 32.1. The molecule has 158 valence electrons. The molecule has 6 nitrogen and oxygen atoms in total. The van der Waals surface area contributed by atoms with Crippen LogP contribution < -0.4 is 16.6 Å². The first-order valence-corrected chi connectivity index (χ1v) is 9.88. The summed E-state index contributed by atoms with van der Waals surface area (Å²) in [6.45, 7) is 0.972. The molecule has 0 saturated heterocycles. The van der Waals surface area contributed by atoms with Crippen LogP contribution in [0, 0.1) is 24.4 Å². The molecule has 0 fully saturated rings. The number of nitrogens with zero attached hydrogens (tertiary/aromatic N) is 2. The number of hydrogen-bond acceptors (Lipinski definition) is 4. The minimum atomic E-state index is -0.965. The second-order valence-electron chi connectivity index (χ2n) is 6.75. The van der Waals surface area contributed by atoms with Crippen molar-refractivity contribution in [3.8, 4) is 5.69 Å². The maximum absolute atomic E-state index is 13.8. The molecule has 1 amide bonds. The van der Waals surface area contributed by atoms with E-state index < -0.39 is 41.2 Å².